The summed E-state index contributed by atoms with van der Waals surface area (Å²) in [6, 6.07) is 6.32. The highest BCUT2D eigenvalue weighted by molar-refractivity contribution is 7.13. The monoisotopic (exact) mass is 375 g/mol. The number of hydrogen-bond acceptors (Lipinski definition) is 7. The second kappa shape index (κ2) is 8.48. The second-order valence-corrected chi connectivity index (χ2v) is 6.63. The number of anilines is 2. The zero-order valence-corrected chi connectivity index (χ0v) is 15.1. The number of nitrogens with one attached hydrogen (secondary N) is 1. The molecule has 10 heteroatoms. The van der Waals surface area contributed by atoms with Crippen molar-refractivity contribution in [1.82, 2.24) is 9.88 Å². The first kappa shape index (κ1) is 17.9. The maximum Gasteiger partial charge on any atom is 0.269 e. The quantitative estimate of drug-likeness (QED) is 0.259. The van der Waals surface area contributed by atoms with Gasteiger partial charge in [0, 0.05) is 62.1 Å². The lowest BCUT2D eigenvalue weighted by Gasteiger charge is -2.35. The molecule has 26 heavy (non-hydrogen) atoms. The molecule has 0 saturated carbocycles. The Balaban J connectivity index is 1.40. The number of piperazine rings is 1. The summed E-state index contributed by atoms with van der Waals surface area (Å²) in [5.74, 6) is 0.550. The Morgan fingerprint density at radius 3 is 2.65 bits per heavy atom. The number of thiazole rings is 1. The molecule has 1 fully saturated rings. The normalized spacial score (nSPS) is 15.2. The summed E-state index contributed by atoms with van der Waals surface area (Å²) < 4.78 is 0. The Hall–Kier alpha value is -2.88. The van der Waals surface area contributed by atoms with E-state index in [0.29, 0.717) is 19.0 Å². The van der Waals surface area contributed by atoms with Gasteiger partial charge in [-0.05, 0) is 12.1 Å². The number of rotatable bonds is 6. The first-order valence-corrected chi connectivity index (χ1v) is 9.19. The Morgan fingerprint density at radius 1 is 1.31 bits per heavy atom. The number of aliphatic imine (C=N–C) groups is 1. The number of nitro benzene ring substituents is 1. The summed E-state index contributed by atoms with van der Waals surface area (Å²) >= 11 is 1.65. The summed E-state index contributed by atoms with van der Waals surface area (Å²) in [4.78, 5) is 23.3. The highest BCUT2D eigenvalue weighted by Gasteiger charge is 2.19. The van der Waals surface area contributed by atoms with Crippen molar-refractivity contribution in [3.63, 3.8) is 0 Å². The van der Waals surface area contributed by atoms with Gasteiger partial charge in [-0.2, -0.15) is 0 Å². The molecule has 0 bridgehead atoms. The third kappa shape index (κ3) is 4.60. The minimum absolute atomic E-state index is 0.0784. The smallest absolute Gasteiger partial charge is 0.269 e. The van der Waals surface area contributed by atoms with E-state index in [-0.39, 0.29) is 5.69 Å². The molecule has 0 amide bonds. The van der Waals surface area contributed by atoms with Crippen molar-refractivity contribution in [2.24, 2.45) is 10.7 Å². The van der Waals surface area contributed by atoms with E-state index in [2.05, 4.69) is 25.1 Å². The predicted octanol–water partition coefficient (Wildman–Crippen LogP) is 1.60. The number of hydrogen-bond donors (Lipinski definition) is 2. The van der Waals surface area contributed by atoms with Gasteiger partial charge in [0.2, 0.25) is 0 Å². The summed E-state index contributed by atoms with van der Waals surface area (Å²) in [5, 5.41) is 16.8. The van der Waals surface area contributed by atoms with Gasteiger partial charge < -0.3 is 20.9 Å². The van der Waals surface area contributed by atoms with Crippen LogP contribution >= 0.6 is 11.3 Å². The molecule has 138 valence electrons. The Kier molecular flexibility index (Phi) is 5.84. The molecule has 0 unspecified atom stereocenters. The number of nitrogens with two attached hydrogens (primary N) is 1. The SMILES string of the molecule is NC(=NCCNc1ccc([N+](=O)[O-])cc1)N1CCN(c2nccs2)CC1. The number of benzene rings is 1. The molecule has 0 radical (unpaired) electrons. The van der Waals surface area contributed by atoms with Crippen LogP contribution in [0.4, 0.5) is 16.5 Å². The lowest BCUT2D eigenvalue weighted by molar-refractivity contribution is -0.384. The molecular formula is C16H21N7O2S. The molecule has 1 aliphatic rings. The van der Waals surface area contributed by atoms with E-state index in [1.54, 1.807) is 23.5 Å². The Labute approximate surface area is 155 Å². The standard InChI is InChI=1S/C16H21N7O2S/c17-15(21-8-10-22(11-9-21)16-20-7-12-26-16)19-6-5-18-13-1-3-14(4-2-13)23(24)25/h1-4,7,12,18H,5-6,8-11H2,(H2,17,19). The fraction of sp³-hybridized carbons (Fsp3) is 0.375. The van der Waals surface area contributed by atoms with Crippen LogP contribution in [0, 0.1) is 10.1 Å². The third-order valence-corrected chi connectivity index (χ3v) is 4.92. The zero-order valence-electron chi connectivity index (χ0n) is 14.2. The van der Waals surface area contributed by atoms with E-state index < -0.39 is 4.92 Å². The maximum absolute atomic E-state index is 10.6. The van der Waals surface area contributed by atoms with Gasteiger partial charge >= 0.3 is 0 Å². The van der Waals surface area contributed by atoms with Gasteiger partial charge in [0.1, 0.15) is 0 Å². The minimum Gasteiger partial charge on any atom is -0.383 e. The second-order valence-electron chi connectivity index (χ2n) is 5.76. The topological polar surface area (TPSA) is 113 Å². The number of nitro groups is 1. The predicted molar refractivity (Wildman–Crippen MR) is 104 cm³/mol. The average molecular weight is 375 g/mol. The van der Waals surface area contributed by atoms with Crippen molar-refractivity contribution in [3.05, 3.63) is 46.0 Å². The van der Waals surface area contributed by atoms with Gasteiger partial charge in [0.05, 0.1) is 11.5 Å². The largest absolute Gasteiger partial charge is 0.383 e. The van der Waals surface area contributed by atoms with Crippen LogP contribution in [-0.2, 0) is 0 Å². The Bertz CT molecular complexity index is 740. The fourth-order valence-corrected chi connectivity index (χ4v) is 3.37. The van der Waals surface area contributed by atoms with E-state index in [1.165, 1.54) is 12.1 Å². The molecule has 3 rings (SSSR count). The molecule has 2 aromatic rings. The lowest BCUT2D eigenvalue weighted by atomic mass is 10.3. The first-order valence-electron chi connectivity index (χ1n) is 8.31. The fourth-order valence-electron chi connectivity index (χ4n) is 2.67. The van der Waals surface area contributed by atoms with Crippen LogP contribution in [0.5, 0.6) is 0 Å². The van der Waals surface area contributed by atoms with E-state index >= 15 is 0 Å². The molecule has 1 saturated heterocycles. The van der Waals surface area contributed by atoms with Crippen LogP contribution in [-0.4, -0.2) is 60.0 Å². The van der Waals surface area contributed by atoms with Crippen molar-refractivity contribution in [2.75, 3.05) is 49.5 Å². The molecule has 0 aliphatic carbocycles. The Morgan fingerprint density at radius 2 is 2.04 bits per heavy atom. The van der Waals surface area contributed by atoms with E-state index in [0.717, 1.165) is 37.0 Å². The molecule has 9 nitrogen and oxygen atoms in total. The molecule has 0 atom stereocenters. The third-order valence-electron chi connectivity index (χ3n) is 4.09. The van der Waals surface area contributed by atoms with Crippen LogP contribution < -0.4 is 16.0 Å². The van der Waals surface area contributed by atoms with Gasteiger partial charge in [0.15, 0.2) is 11.1 Å². The number of aromatic nitrogens is 1. The molecule has 0 spiro atoms. The molecule has 1 aromatic carbocycles. The first-order chi connectivity index (χ1) is 12.6. The molecule has 2 heterocycles. The van der Waals surface area contributed by atoms with Gasteiger partial charge in [-0.15, -0.1) is 11.3 Å². The summed E-state index contributed by atoms with van der Waals surface area (Å²) in [7, 11) is 0. The van der Waals surface area contributed by atoms with Crippen LogP contribution in [0.3, 0.4) is 0 Å². The van der Waals surface area contributed by atoms with Gasteiger partial charge in [-0.3, -0.25) is 15.1 Å². The summed E-state index contributed by atoms with van der Waals surface area (Å²) in [5.41, 5.74) is 6.99. The lowest BCUT2D eigenvalue weighted by Crippen LogP contribution is -2.51. The molecule has 1 aromatic heterocycles. The molecular weight excluding hydrogens is 354 g/mol. The maximum atomic E-state index is 10.6. The van der Waals surface area contributed by atoms with Crippen LogP contribution in [0.15, 0.2) is 40.8 Å². The highest BCUT2D eigenvalue weighted by Crippen LogP contribution is 2.18. The van der Waals surface area contributed by atoms with E-state index in [9.17, 15) is 10.1 Å². The number of nitrogens with zero attached hydrogens (tertiary/aromatic N) is 5. The van der Waals surface area contributed by atoms with Crippen LogP contribution in [0.1, 0.15) is 0 Å². The summed E-state index contributed by atoms with van der Waals surface area (Å²) in [6.45, 7) is 4.55. The van der Waals surface area contributed by atoms with Crippen molar-refractivity contribution >= 4 is 33.8 Å². The van der Waals surface area contributed by atoms with Crippen LogP contribution in [0.25, 0.3) is 0 Å². The molecule has 1 aliphatic heterocycles. The van der Waals surface area contributed by atoms with Gasteiger partial charge in [-0.25, -0.2) is 4.98 Å². The van der Waals surface area contributed by atoms with E-state index in [4.69, 9.17) is 5.73 Å². The highest BCUT2D eigenvalue weighted by atomic mass is 32.1. The van der Waals surface area contributed by atoms with Crippen molar-refractivity contribution in [2.45, 2.75) is 0 Å². The van der Waals surface area contributed by atoms with Gasteiger partial charge in [-0.1, -0.05) is 0 Å². The molecule has 3 N–H and O–H groups in total. The minimum atomic E-state index is -0.414. The average Bonchev–Trinajstić information content (AvgIpc) is 3.20. The summed E-state index contributed by atoms with van der Waals surface area (Å²) in [6.07, 6.45) is 1.82. The van der Waals surface area contributed by atoms with Crippen molar-refractivity contribution in [3.8, 4) is 0 Å². The van der Waals surface area contributed by atoms with Gasteiger partial charge in [0.25, 0.3) is 5.69 Å². The van der Waals surface area contributed by atoms with Crippen LogP contribution in [0.2, 0.25) is 0 Å². The number of non-ortho nitro benzene ring substituents is 1. The van der Waals surface area contributed by atoms with Crippen molar-refractivity contribution < 1.29 is 4.92 Å². The van der Waals surface area contributed by atoms with Crippen molar-refractivity contribution in [1.29, 1.82) is 0 Å². The van der Waals surface area contributed by atoms with E-state index in [1.807, 2.05) is 11.6 Å². The number of guanidine groups is 1. The zero-order chi connectivity index (χ0) is 18.4.